The van der Waals surface area contributed by atoms with E-state index in [9.17, 15) is 19.4 Å². The molecule has 5 nitrogen and oxygen atoms in total. The lowest BCUT2D eigenvalue weighted by Crippen LogP contribution is -2.29. The fourth-order valence-electron chi connectivity index (χ4n) is 2.22. The Bertz CT molecular complexity index is 722. The second-order valence-electron chi connectivity index (χ2n) is 5.59. The van der Waals surface area contributed by atoms with Gasteiger partial charge in [-0.15, -0.1) is 0 Å². The van der Waals surface area contributed by atoms with Crippen molar-refractivity contribution in [3.05, 3.63) is 69.5 Å². The van der Waals surface area contributed by atoms with Crippen molar-refractivity contribution in [1.29, 1.82) is 0 Å². The summed E-state index contributed by atoms with van der Waals surface area (Å²) < 4.78 is 18.6. The van der Waals surface area contributed by atoms with Crippen LogP contribution in [0.5, 0.6) is 0 Å². The first-order chi connectivity index (χ1) is 12.4. The summed E-state index contributed by atoms with van der Waals surface area (Å²) in [6.45, 7) is 0.191. The zero-order valence-corrected chi connectivity index (χ0v) is 15.2. The van der Waals surface area contributed by atoms with Crippen molar-refractivity contribution >= 4 is 29.3 Å². The van der Waals surface area contributed by atoms with E-state index in [0.29, 0.717) is 0 Å². The highest BCUT2D eigenvalue weighted by atomic mass is 35.5. The molecule has 8 heteroatoms. The van der Waals surface area contributed by atoms with E-state index < -0.39 is 24.1 Å². The summed E-state index contributed by atoms with van der Waals surface area (Å²) in [7, 11) is 0. The summed E-state index contributed by atoms with van der Waals surface area (Å²) in [4.78, 5) is 11.6. The van der Waals surface area contributed by atoms with Crippen LogP contribution in [0.15, 0.2) is 42.5 Å². The minimum absolute atomic E-state index is 0.0312. The molecule has 2 rings (SSSR count). The minimum atomic E-state index is -1.37. The molecule has 0 spiro atoms. The number of benzene rings is 2. The zero-order chi connectivity index (χ0) is 19.1. The molecule has 0 aliphatic carbocycles. The number of aliphatic hydroxyl groups excluding tert-OH is 2. The number of alkyl carbamates (subject to hydrolysis) is 1. The van der Waals surface area contributed by atoms with Gasteiger partial charge in [0.15, 0.2) is 0 Å². The van der Waals surface area contributed by atoms with E-state index in [1.165, 1.54) is 6.07 Å². The van der Waals surface area contributed by atoms with Crippen molar-refractivity contribution in [2.24, 2.45) is 0 Å². The van der Waals surface area contributed by atoms with Gasteiger partial charge in [-0.2, -0.15) is 0 Å². The number of halogens is 3. The molecule has 0 bridgehead atoms. The molecule has 3 N–H and O–H groups in total. The van der Waals surface area contributed by atoms with Crippen molar-refractivity contribution in [2.75, 3.05) is 6.54 Å². The molecule has 0 radical (unpaired) electrons. The van der Waals surface area contributed by atoms with Crippen LogP contribution in [-0.4, -0.2) is 29.0 Å². The number of amides is 1. The molecule has 2 aromatic carbocycles. The Morgan fingerprint density at radius 1 is 1.19 bits per heavy atom. The Morgan fingerprint density at radius 3 is 2.54 bits per heavy atom. The first-order valence-corrected chi connectivity index (χ1v) is 8.59. The molecule has 0 saturated carbocycles. The van der Waals surface area contributed by atoms with Crippen molar-refractivity contribution < 1.29 is 24.1 Å². The van der Waals surface area contributed by atoms with Gasteiger partial charge < -0.3 is 20.3 Å². The second kappa shape index (κ2) is 9.73. The average Bonchev–Trinajstić information content (AvgIpc) is 2.64. The third kappa shape index (κ3) is 5.85. The first-order valence-electron chi connectivity index (χ1n) is 7.83. The van der Waals surface area contributed by atoms with Gasteiger partial charge in [-0.25, -0.2) is 9.18 Å². The van der Waals surface area contributed by atoms with Gasteiger partial charge in [-0.1, -0.05) is 53.5 Å². The standard InChI is InChI=1S/C18H18Cl2FNO4/c19-13-8-12(9-14(21)16(13)20)17(24)15(23)6-7-22-18(25)26-10-11-4-2-1-3-5-11/h1-5,8-9,15,17,23-24H,6-7,10H2,(H,22,25). The maximum atomic E-state index is 13.6. The van der Waals surface area contributed by atoms with E-state index in [1.807, 2.05) is 30.3 Å². The van der Waals surface area contributed by atoms with E-state index in [0.717, 1.165) is 11.6 Å². The summed E-state index contributed by atoms with van der Waals surface area (Å²) in [5.74, 6) is -0.789. The van der Waals surface area contributed by atoms with Crippen LogP contribution in [0.3, 0.4) is 0 Å². The van der Waals surface area contributed by atoms with E-state index in [4.69, 9.17) is 27.9 Å². The predicted molar refractivity (Wildman–Crippen MR) is 96.6 cm³/mol. The number of carbonyl (C=O) groups is 1. The van der Waals surface area contributed by atoms with Crippen molar-refractivity contribution in [3.8, 4) is 0 Å². The van der Waals surface area contributed by atoms with Crippen LogP contribution in [0.25, 0.3) is 0 Å². The number of ether oxygens (including phenoxy) is 1. The molecular weight excluding hydrogens is 384 g/mol. The molecule has 0 fully saturated rings. The Morgan fingerprint density at radius 2 is 1.88 bits per heavy atom. The summed E-state index contributed by atoms with van der Waals surface area (Å²) >= 11 is 11.4. The van der Waals surface area contributed by atoms with Gasteiger partial charge in [0.1, 0.15) is 18.5 Å². The minimum Gasteiger partial charge on any atom is -0.445 e. The normalized spacial score (nSPS) is 13.1. The van der Waals surface area contributed by atoms with Gasteiger partial charge in [0.05, 0.1) is 16.1 Å². The van der Waals surface area contributed by atoms with Gasteiger partial charge in [0, 0.05) is 6.54 Å². The van der Waals surface area contributed by atoms with Gasteiger partial charge in [-0.05, 0) is 29.7 Å². The SMILES string of the molecule is O=C(NCCC(O)C(O)c1cc(F)c(Cl)c(Cl)c1)OCc1ccccc1. The van der Waals surface area contributed by atoms with E-state index >= 15 is 0 Å². The largest absolute Gasteiger partial charge is 0.445 e. The molecule has 1 amide bonds. The fraction of sp³-hybridized carbons (Fsp3) is 0.278. The average molecular weight is 402 g/mol. The van der Waals surface area contributed by atoms with Crippen LogP contribution in [0.2, 0.25) is 10.0 Å². The van der Waals surface area contributed by atoms with Gasteiger partial charge in [0.25, 0.3) is 0 Å². The highest BCUT2D eigenvalue weighted by Crippen LogP contribution is 2.30. The van der Waals surface area contributed by atoms with E-state index in [-0.39, 0.29) is 35.2 Å². The number of hydrogen-bond acceptors (Lipinski definition) is 4. The summed E-state index contributed by atoms with van der Waals surface area (Å²) in [5.41, 5.74) is 0.941. The quantitative estimate of drug-likeness (QED) is 0.615. The van der Waals surface area contributed by atoms with Crippen molar-refractivity contribution in [1.82, 2.24) is 5.32 Å². The van der Waals surface area contributed by atoms with Crippen LogP contribution >= 0.6 is 23.2 Å². The number of hydrogen-bond donors (Lipinski definition) is 3. The molecule has 2 atom stereocenters. The lowest BCUT2D eigenvalue weighted by molar-refractivity contribution is 0.0135. The molecule has 26 heavy (non-hydrogen) atoms. The van der Waals surface area contributed by atoms with Crippen molar-refractivity contribution in [2.45, 2.75) is 25.2 Å². The topological polar surface area (TPSA) is 78.8 Å². The van der Waals surface area contributed by atoms with E-state index in [1.54, 1.807) is 0 Å². The molecule has 0 heterocycles. The second-order valence-corrected chi connectivity index (χ2v) is 6.37. The Kier molecular flexibility index (Phi) is 7.66. The van der Waals surface area contributed by atoms with E-state index in [2.05, 4.69) is 5.32 Å². The Balaban J connectivity index is 1.77. The predicted octanol–water partition coefficient (Wildman–Crippen LogP) is 3.84. The van der Waals surface area contributed by atoms with Crippen LogP contribution < -0.4 is 5.32 Å². The number of rotatable bonds is 7. The smallest absolute Gasteiger partial charge is 0.407 e. The molecule has 0 saturated heterocycles. The molecule has 2 unspecified atom stereocenters. The third-order valence-corrected chi connectivity index (χ3v) is 4.41. The summed E-state index contributed by atoms with van der Waals surface area (Å²) in [5, 5.41) is 22.2. The molecule has 140 valence electrons. The summed E-state index contributed by atoms with van der Waals surface area (Å²) in [6, 6.07) is 11.5. The molecule has 0 aliphatic rings. The molecular formula is C18H18Cl2FNO4. The lowest BCUT2D eigenvalue weighted by Gasteiger charge is -2.19. The fourth-order valence-corrected chi connectivity index (χ4v) is 2.55. The molecule has 0 aromatic heterocycles. The van der Waals surface area contributed by atoms with Crippen molar-refractivity contribution in [3.63, 3.8) is 0 Å². The molecule has 2 aromatic rings. The van der Waals surface area contributed by atoms with Gasteiger partial charge in [0.2, 0.25) is 0 Å². The first kappa shape index (κ1) is 20.5. The maximum Gasteiger partial charge on any atom is 0.407 e. The maximum absolute atomic E-state index is 13.6. The molecule has 0 aliphatic heterocycles. The van der Waals surface area contributed by atoms with Gasteiger partial charge >= 0.3 is 6.09 Å². The van der Waals surface area contributed by atoms with Crippen LogP contribution in [-0.2, 0) is 11.3 Å². The van der Waals surface area contributed by atoms with Crippen LogP contribution in [0, 0.1) is 5.82 Å². The monoisotopic (exact) mass is 401 g/mol. The number of nitrogens with one attached hydrogen (secondary N) is 1. The third-order valence-electron chi connectivity index (χ3n) is 3.63. The lowest BCUT2D eigenvalue weighted by atomic mass is 10.0. The highest BCUT2D eigenvalue weighted by molar-refractivity contribution is 6.42. The summed E-state index contributed by atoms with van der Waals surface area (Å²) in [6.07, 6.45) is -3.22. The number of carbonyl (C=O) groups excluding carboxylic acids is 1. The Hall–Kier alpha value is -1.86. The van der Waals surface area contributed by atoms with Crippen LogP contribution in [0.4, 0.5) is 9.18 Å². The van der Waals surface area contributed by atoms with Crippen LogP contribution in [0.1, 0.15) is 23.7 Å². The number of aliphatic hydroxyl groups is 2. The van der Waals surface area contributed by atoms with Gasteiger partial charge in [-0.3, -0.25) is 0 Å². The highest BCUT2D eigenvalue weighted by Gasteiger charge is 2.21. The Labute approximate surface area is 160 Å². The zero-order valence-electron chi connectivity index (χ0n) is 13.7.